The van der Waals surface area contributed by atoms with E-state index in [4.69, 9.17) is 0 Å². The van der Waals surface area contributed by atoms with Crippen LogP contribution in [-0.4, -0.2) is 12.5 Å². The van der Waals surface area contributed by atoms with Crippen LogP contribution in [0.25, 0.3) is 0 Å². The van der Waals surface area contributed by atoms with Gasteiger partial charge in [-0.05, 0) is 24.3 Å². The molecule has 0 fully saturated rings. The molecule has 25 heavy (non-hydrogen) atoms. The lowest BCUT2D eigenvalue weighted by atomic mass is 9.96. The van der Waals surface area contributed by atoms with E-state index >= 15 is 0 Å². The average Bonchev–Trinajstić information content (AvgIpc) is 2.57. The highest BCUT2D eigenvalue weighted by atomic mass is 19.2. The van der Waals surface area contributed by atoms with Crippen molar-refractivity contribution in [2.75, 3.05) is 11.9 Å². The number of hydrogen-bond donors (Lipinski definition) is 2. The molecule has 0 aliphatic carbocycles. The first kappa shape index (κ1) is 18.9. The highest BCUT2D eigenvalue weighted by molar-refractivity contribution is 5.91. The molecule has 0 unspecified atom stereocenters. The van der Waals surface area contributed by atoms with E-state index in [-0.39, 0.29) is 24.3 Å². The summed E-state index contributed by atoms with van der Waals surface area (Å²) in [6, 6.07) is 7.57. The molecule has 1 atom stereocenters. The third-order valence-electron chi connectivity index (χ3n) is 3.84. The first-order valence-corrected chi connectivity index (χ1v) is 7.81. The van der Waals surface area contributed by atoms with E-state index in [9.17, 15) is 22.4 Å². The van der Waals surface area contributed by atoms with Crippen molar-refractivity contribution in [3.63, 3.8) is 0 Å². The molecule has 0 bridgehead atoms. The van der Waals surface area contributed by atoms with Crippen LogP contribution >= 0.6 is 0 Å². The van der Waals surface area contributed by atoms with Gasteiger partial charge in [-0.2, -0.15) is 0 Å². The van der Waals surface area contributed by atoms with Crippen LogP contribution in [0.15, 0.2) is 36.4 Å². The molecule has 1 amide bonds. The number of hydrogen-bond acceptors (Lipinski definition) is 1. The van der Waals surface area contributed by atoms with Crippen LogP contribution in [-0.2, 0) is 4.79 Å². The fourth-order valence-electron chi connectivity index (χ4n) is 2.54. The van der Waals surface area contributed by atoms with Crippen LogP contribution in [0.5, 0.6) is 0 Å². The summed E-state index contributed by atoms with van der Waals surface area (Å²) >= 11 is 0. The quantitative estimate of drug-likeness (QED) is 0.607. The Morgan fingerprint density at radius 3 is 2.24 bits per heavy atom. The van der Waals surface area contributed by atoms with Crippen LogP contribution in [0.4, 0.5) is 23.2 Å². The number of nitrogens with two attached hydrogens (primary N) is 1. The highest BCUT2D eigenvalue weighted by Gasteiger charge is 2.21. The van der Waals surface area contributed by atoms with E-state index < -0.39 is 29.0 Å². The molecule has 0 aromatic heterocycles. The molecule has 0 aliphatic rings. The topological polar surface area (TPSA) is 45.7 Å². The molecule has 134 valence electrons. The Morgan fingerprint density at radius 1 is 1.00 bits per heavy atom. The fraction of sp³-hybridized carbons (Fsp3) is 0.278. The van der Waals surface area contributed by atoms with Crippen molar-refractivity contribution < 1.29 is 27.7 Å². The number of benzene rings is 2. The van der Waals surface area contributed by atoms with Gasteiger partial charge in [0.1, 0.15) is 11.9 Å². The third-order valence-corrected chi connectivity index (χ3v) is 3.84. The molecule has 0 saturated heterocycles. The van der Waals surface area contributed by atoms with Crippen LogP contribution in [0.3, 0.4) is 0 Å². The summed E-state index contributed by atoms with van der Waals surface area (Å²) in [5.41, 5.74) is 0.434. The van der Waals surface area contributed by atoms with Gasteiger partial charge in [0.05, 0.1) is 5.69 Å². The summed E-state index contributed by atoms with van der Waals surface area (Å²) in [5, 5.41) is 3.95. The zero-order valence-electron chi connectivity index (χ0n) is 13.8. The number of anilines is 1. The minimum atomic E-state index is -1.63. The van der Waals surface area contributed by atoms with E-state index in [0.717, 1.165) is 17.7 Å². The molecule has 0 radical (unpaired) electrons. The second kappa shape index (κ2) is 8.11. The van der Waals surface area contributed by atoms with Crippen molar-refractivity contribution in [3.05, 3.63) is 65.2 Å². The number of rotatable bonds is 6. The summed E-state index contributed by atoms with van der Waals surface area (Å²) in [6.45, 7) is 3.85. The summed E-state index contributed by atoms with van der Waals surface area (Å²) in [7, 11) is 0. The molecule has 3 N–H and O–H groups in total. The first-order valence-electron chi connectivity index (χ1n) is 7.81. The van der Waals surface area contributed by atoms with Gasteiger partial charge in [0.15, 0.2) is 24.0 Å². The molecule has 3 nitrogen and oxygen atoms in total. The SMILES string of the molecule is CC(C)[C@H]([NH2+]CC(=O)Nc1ccc(F)c(F)c1F)c1ccc(F)cc1. The van der Waals surface area contributed by atoms with Crippen molar-refractivity contribution in [3.8, 4) is 0 Å². The smallest absolute Gasteiger partial charge is 0.279 e. The van der Waals surface area contributed by atoms with Crippen LogP contribution < -0.4 is 10.6 Å². The van der Waals surface area contributed by atoms with Crippen molar-refractivity contribution in [1.29, 1.82) is 0 Å². The zero-order chi connectivity index (χ0) is 18.6. The van der Waals surface area contributed by atoms with Gasteiger partial charge in [0.2, 0.25) is 0 Å². The minimum Gasteiger partial charge on any atom is -0.332 e. The Bertz CT molecular complexity index is 747. The average molecular weight is 355 g/mol. The lowest BCUT2D eigenvalue weighted by Gasteiger charge is -2.19. The molecule has 0 heterocycles. The monoisotopic (exact) mass is 355 g/mol. The summed E-state index contributed by atoms with van der Waals surface area (Å²) in [6.07, 6.45) is 0. The molecule has 0 saturated carbocycles. The third kappa shape index (κ3) is 4.79. The Balaban J connectivity index is 2.02. The van der Waals surface area contributed by atoms with Gasteiger partial charge >= 0.3 is 0 Å². The van der Waals surface area contributed by atoms with Gasteiger partial charge in [-0.15, -0.1) is 0 Å². The second-order valence-electron chi connectivity index (χ2n) is 6.03. The predicted octanol–water partition coefficient (Wildman–Crippen LogP) is 3.14. The lowest BCUT2D eigenvalue weighted by Crippen LogP contribution is -2.88. The largest absolute Gasteiger partial charge is 0.332 e. The molecule has 2 aromatic carbocycles. The summed E-state index contributed by atoms with van der Waals surface area (Å²) in [4.78, 5) is 12.0. The molecular formula is C18H19F4N2O+. The standard InChI is InChI=1S/C18H18F4N2O/c1-10(2)18(11-3-5-12(19)6-4-11)23-9-15(25)24-14-8-7-13(20)16(21)17(14)22/h3-8,10,18,23H,9H2,1-2H3,(H,24,25)/p+1/t18-/m0/s1. The van der Waals surface area contributed by atoms with Crippen molar-refractivity contribution in [2.24, 2.45) is 5.92 Å². The Hall–Kier alpha value is -2.41. The molecule has 0 spiro atoms. The number of halogens is 4. The van der Waals surface area contributed by atoms with Gasteiger partial charge in [0.25, 0.3) is 5.91 Å². The van der Waals surface area contributed by atoms with E-state index in [1.54, 1.807) is 17.4 Å². The number of carbonyl (C=O) groups is 1. The van der Waals surface area contributed by atoms with Gasteiger partial charge in [0, 0.05) is 11.5 Å². The van der Waals surface area contributed by atoms with Gasteiger partial charge in [-0.25, -0.2) is 17.6 Å². The number of quaternary nitrogens is 1. The number of carbonyl (C=O) groups excluding carboxylic acids is 1. The Morgan fingerprint density at radius 2 is 1.64 bits per heavy atom. The van der Waals surface area contributed by atoms with Crippen LogP contribution in [0.2, 0.25) is 0 Å². The molecule has 2 rings (SSSR count). The second-order valence-corrected chi connectivity index (χ2v) is 6.03. The zero-order valence-corrected chi connectivity index (χ0v) is 13.8. The maximum atomic E-state index is 13.6. The normalized spacial score (nSPS) is 12.3. The molecule has 0 aliphatic heterocycles. The van der Waals surface area contributed by atoms with Gasteiger partial charge < -0.3 is 10.6 Å². The minimum absolute atomic E-state index is 0.0569. The number of nitrogens with one attached hydrogen (secondary N) is 1. The van der Waals surface area contributed by atoms with E-state index in [0.29, 0.717) is 0 Å². The Labute approximate surface area is 143 Å². The summed E-state index contributed by atoms with van der Waals surface area (Å²) < 4.78 is 52.7. The van der Waals surface area contributed by atoms with Gasteiger partial charge in [-0.1, -0.05) is 26.0 Å². The Kier molecular flexibility index (Phi) is 6.14. The summed E-state index contributed by atoms with van der Waals surface area (Å²) in [5.74, 6) is -5.15. The van der Waals surface area contributed by atoms with Crippen molar-refractivity contribution in [1.82, 2.24) is 0 Å². The maximum absolute atomic E-state index is 13.6. The van der Waals surface area contributed by atoms with E-state index in [2.05, 4.69) is 5.32 Å². The molecular weight excluding hydrogens is 336 g/mol. The fourth-order valence-corrected chi connectivity index (χ4v) is 2.54. The first-order chi connectivity index (χ1) is 11.8. The predicted molar refractivity (Wildman–Crippen MR) is 85.7 cm³/mol. The van der Waals surface area contributed by atoms with Crippen molar-refractivity contribution >= 4 is 11.6 Å². The van der Waals surface area contributed by atoms with E-state index in [1.807, 2.05) is 13.8 Å². The number of amides is 1. The van der Waals surface area contributed by atoms with E-state index in [1.165, 1.54) is 12.1 Å². The van der Waals surface area contributed by atoms with Crippen LogP contribution in [0.1, 0.15) is 25.5 Å². The van der Waals surface area contributed by atoms with Crippen LogP contribution in [0, 0.1) is 29.2 Å². The lowest BCUT2D eigenvalue weighted by molar-refractivity contribution is -0.692. The van der Waals surface area contributed by atoms with Crippen molar-refractivity contribution in [2.45, 2.75) is 19.9 Å². The molecule has 2 aromatic rings. The maximum Gasteiger partial charge on any atom is 0.279 e. The highest BCUT2D eigenvalue weighted by Crippen LogP contribution is 2.20. The van der Waals surface area contributed by atoms with Gasteiger partial charge in [-0.3, -0.25) is 4.79 Å². The molecule has 7 heteroatoms.